The molecule has 0 radical (unpaired) electrons. The number of thioether (sulfide) groups is 1. The molecule has 0 aliphatic carbocycles. The van der Waals surface area contributed by atoms with Gasteiger partial charge in [0.15, 0.2) is 4.90 Å². The lowest BCUT2D eigenvalue weighted by atomic mass is 10.1. The van der Waals surface area contributed by atoms with Crippen molar-refractivity contribution in [1.82, 2.24) is 4.31 Å². The predicted octanol–water partition coefficient (Wildman–Crippen LogP) is 4.11. The average Bonchev–Trinajstić information content (AvgIpc) is 2.83. The maximum atomic E-state index is 14.0. The molecule has 0 aromatic heterocycles. The lowest BCUT2D eigenvalue weighted by Gasteiger charge is -2.20. The molecule has 26 heavy (non-hydrogen) atoms. The van der Waals surface area contributed by atoms with Gasteiger partial charge in [-0.15, -0.1) is 0 Å². The highest BCUT2D eigenvalue weighted by molar-refractivity contribution is 7.99. The first kappa shape index (κ1) is 19.2. The fraction of sp³-hybridized carbons (Fsp3) is 0.294. The summed E-state index contributed by atoms with van der Waals surface area (Å²) >= 11 is 1.28. The second kappa shape index (κ2) is 7.58. The lowest BCUT2D eigenvalue weighted by Crippen LogP contribution is -2.34. The van der Waals surface area contributed by atoms with Crippen LogP contribution in [0.2, 0.25) is 0 Å². The molecular formula is C17H15F4NO2S2. The molecule has 1 aliphatic heterocycles. The summed E-state index contributed by atoms with van der Waals surface area (Å²) in [6.07, 6.45) is 0.195. The zero-order valence-corrected chi connectivity index (χ0v) is 15.1. The average molecular weight is 405 g/mol. The lowest BCUT2D eigenvalue weighted by molar-refractivity contribution is 0.416. The van der Waals surface area contributed by atoms with Crippen molar-refractivity contribution in [2.75, 3.05) is 18.8 Å². The first-order valence-corrected chi connectivity index (χ1v) is 10.3. The monoisotopic (exact) mass is 405 g/mol. The Bertz CT molecular complexity index is 901. The van der Waals surface area contributed by atoms with E-state index < -0.39 is 43.4 Å². The van der Waals surface area contributed by atoms with E-state index in [1.165, 1.54) is 11.8 Å². The van der Waals surface area contributed by atoms with Gasteiger partial charge in [-0.3, -0.25) is 0 Å². The summed E-state index contributed by atoms with van der Waals surface area (Å²) in [5.41, 5.74) is 0.159. The molecule has 0 amide bonds. The van der Waals surface area contributed by atoms with Gasteiger partial charge in [0.2, 0.25) is 10.0 Å². The third-order valence-corrected chi connectivity index (χ3v) is 7.38. The maximum absolute atomic E-state index is 14.0. The van der Waals surface area contributed by atoms with Crippen LogP contribution in [-0.4, -0.2) is 31.6 Å². The standard InChI is InChI=1S/C17H15F4NO2S2/c18-11-4-5-13(19)12(10-11)16-6-7-22(8-9-25-16)26(23,24)17-14(20)2-1-3-15(17)21/h1-5,10,16H,6-9H2/t16-/m1/s1. The smallest absolute Gasteiger partial charge is 0.207 e. The molecular weight excluding hydrogens is 390 g/mol. The normalized spacial score (nSPS) is 19.3. The molecule has 2 aromatic rings. The molecule has 0 saturated carbocycles. The molecule has 9 heteroatoms. The largest absolute Gasteiger partial charge is 0.248 e. The Labute approximate surface area is 153 Å². The third-order valence-electron chi connectivity index (χ3n) is 4.12. The van der Waals surface area contributed by atoms with E-state index >= 15 is 0 Å². The Morgan fingerprint density at radius 1 is 0.962 bits per heavy atom. The number of sulfonamides is 1. The van der Waals surface area contributed by atoms with Crippen molar-refractivity contribution in [3.63, 3.8) is 0 Å². The highest BCUT2D eigenvalue weighted by atomic mass is 32.2. The highest BCUT2D eigenvalue weighted by Crippen LogP contribution is 2.37. The molecule has 1 atom stereocenters. The summed E-state index contributed by atoms with van der Waals surface area (Å²) < 4.78 is 81.5. The zero-order valence-electron chi connectivity index (χ0n) is 13.5. The number of hydrogen-bond donors (Lipinski definition) is 0. The van der Waals surface area contributed by atoms with E-state index in [0.717, 1.165) is 40.7 Å². The van der Waals surface area contributed by atoms with Crippen LogP contribution in [0.15, 0.2) is 41.3 Å². The van der Waals surface area contributed by atoms with Crippen LogP contribution < -0.4 is 0 Å². The van der Waals surface area contributed by atoms with Crippen LogP contribution in [0.1, 0.15) is 17.2 Å². The second-order valence-corrected chi connectivity index (χ2v) is 8.95. The van der Waals surface area contributed by atoms with Gasteiger partial charge in [0.05, 0.1) is 0 Å². The summed E-state index contributed by atoms with van der Waals surface area (Å²) in [4.78, 5) is -0.986. The van der Waals surface area contributed by atoms with Crippen molar-refractivity contribution in [2.24, 2.45) is 0 Å². The fourth-order valence-corrected chi connectivity index (χ4v) is 5.78. The molecule has 1 heterocycles. The number of benzene rings is 2. The van der Waals surface area contributed by atoms with Crippen LogP contribution >= 0.6 is 11.8 Å². The van der Waals surface area contributed by atoms with Crippen LogP contribution in [-0.2, 0) is 10.0 Å². The molecule has 1 aliphatic rings. The highest BCUT2D eigenvalue weighted by Gasteiger charge is 2.33. The molecule has 0 spiro atoms. The molecule has 0 unspecified atom stereocenters. The van der Waals surface area contributed by atoms with Gasteiger partial charge >= 0.3 is 0 Å². The van der Waals surface area contributed by atoms with Crippen LogP contribution in [0.3, 0.4) is 0 Å². The molecule has 3 nitrogen and oxygen atoms in total. The van der Waals surface area contributed by atoms with E-state index in [9.17, 15) is 26.0 Å². The topological polar surface area (TPSA) is 37.4 Å². The molecule has 140 valence electrons. The van der Waals surface area contributed by atoms with E-state index in [2.05, 4.69) is 0 Å². The summed E-state index contributed by atoms with van der Waals surface area (Å²) in [5, 5.41) is -0.448. The number of rotatable bonds is 3. The quantitative estimate of drug-likeness (QED) is 0.722. The van der Waals surface area contributed by atoms with Gasteiger partial charge < -0.3 is 0 Å². The Morgan fingerprint density at radius 2 is 1.65 bits per heavy atom. The van der Waals surface area contributed by atoms with E-state index in [1.807, 2.05) is 0 Å². The Morgan fingerprint density at radius 3 is 2.35 bits per heavy atom. The summed E-state index contributed by atoms with van der Waals surface area (Å²) in [6.45, 7) is -0.0298. The summed E-state index contributed by atoms with van der Waals surface area (Å²) in [6, 6.07) is 5.98. The summed E-state index contributed by atoms with van der Waals surface area (Å²) in [5.74, 6) is -3.18. The summed E-state index contributed by atoms with van der Waals surface area (Å²) in [7, 11) is -4.37. The third kappa shape index (κ3) is 3.74. The minimum Gasteiger partial charge on any atom is -0.207 e. The number of nitrogens with zero attached hydrogens (tertiary/aromatic N) is 1. The van der Waals surface area contributed by atoms with Gasteiger partial charge in [0.25, 0.3) is 0 Å². The second-order valence-electron chi connectivity index (χ2n) is 5.77. The fourth-order valence-electron chi connectivity index (χ4n) is 2.86. The van der Waals surface area contributed by atoms with Gasteiger partial charge in [0.1, 0.15) is 23.3 Å². The van der Waals surface area contributed by atoms with Gasteiger partial charge in [-0.05, 0) is 36.8 Å². The van der Waals surface area contributed by atoms with Crippen LogP contribution in [0.25, 0.3) is 0 Å². The van der Waals surface area contributed by atoms with Crippen LogP contribution in [0, 0.1) is 23.3 Å². The molecule has 1 fully saturated rings. The van der Waals surface area contributed by atoms with Crippen molar-refractivity contribution in [1.29, 1.82) is 0 Å². The molecule has 0 bridgehead atoms. The van der Waals surface area contributed by atoms with Gasteiger partial charge in [-0.2, -0.15) is 16.1 Å². The van der Waals surface area contributed by atoms with Crippen molar-refractivity contribution < 1.29 is 26.0 Å². The van der Waals surface area contributed by atoms with E-state index in [0.29, 0.717) is 0 Å². The minimum absolute atomic E-state index is 0.0220. The molecule has 3 rings (SSSR count). The zero-order chi connectivity index (χ0) is 18.9. The van der Waals surface area contributed by atoms with E-state index in [1.54, 1.807) is 0 Å². The van der Waals surface area contributed by atoms with Crippen molar-refractivity contribution in [2.45, 2.75) is 16.6 Å². The van der Waals surface area contributed by atoms with E-state index in [-0.39, 0.29) is 30.8 Å². The molecule has 0 N–H and O–H groups in total. The van der Waals surface area contributed by atoms with Gasteiger partial charge in [0, 0.05) is 29.7 Å². The molecule has 2 aromatic carbocycles. The van der Waals surface area contributed by atoms with Crippen molar-refractivity contribution >= 4 is 21.8 Å². The minimum atomic E-state index is -4.37. The Balaban J connectivity index is 1.85. The van der Waals surface area contributed by atoms with Gasteiger partial charge in [-0.1, -0.05) is 6.07 Å². The Kier molecular flexibility index (Phi) is 5.59. The maximum Gasteiger partial charge on any atom is 0.248 e. The molecule has 1 saturated heterocycles. The van der Waals surface area contributed by atoms with Crippen molar-refractivity contribution in [3.8, 4) is 0 Å². The van der Waals surface area contributed by atoms with Crippen molar-refractivity contribution in [3.05, 3.63) is 65.2 Å². The van der Waals surface area contributed by atoms with Crippen LogP contribution in [0.4, 0.5) is 17.6 Å². The van der Waals surface area contributed by atoms with E-state index in [4.69, 9.17) is 0 Å². The number of halogens is 4. The number of hydrogen-bond acceptors (Lipinski definition) is 3. The first-order chi connectivity index (χ1) is 12.3. The van der Waals surface area contributed by atoms with Crippen LogP contribution in [0.5, 0.6) is 0 Å². The SMILES string of the molecule is O=S(=O)(c1c(F)cccc1F)N1CCS[C@@H](c2cc(F)ccc2F)CC1. The predicted molar refractivity (Wildman–Crippen MR) is 91.3 cm³/mol. The Hall–Kier alpha value is -1.58. The van der Waals surface area contributed by atoms with Gasteiger partial charge in [-0.25, -0.2) is 26.0 Å². The first-order valence-electron chi connectivity index (χ1n) is 7.81.